The summed E-state index contributed by atoms with van der Waals surface area (Å²) in [4.78, 5) is 0. The van der Waals surface area contributed by atoms with E-state index in [1.165, 1.54) is 18.9 Å². The summed E-state index contributed by atoms with van der Waals surface area (Å²) in [7, 11) is 0. The molecule has 19 heavy (non-hydrogen) atoms. The normalized spacial score (nSPS) is 14.8. The number of aryl methyl sites for hydroxylation is 1. The van der Waals surface area contributed by atoms with Crippen molar-refractivity contribution in [3.05, 3.63) is 41.5 Å². The second-order valence-electron chi connectivity index (χ2n) is 5.16. The highest BCUT2D eigenvalue weighted by Crippen LogP contribution is 2.27. The summed E-state index contributed by atoms with van der Waals surface area (Å²) in [6, 6.07) is 4.93. The molecule has 0 spiro atoms. The van der Waals surface area contributed by atoms with Crippen molar-refractivity contribution in [3.63, 3.8) is 0 Å². The Bertz CT molecular complexity index is 575. The Morgan fingerprint density at radius 3 is 3.00 bits per heavy atom. The van der Waals surface area contributed by atoms with E-state index in [2.05, 4.69) is 15.6 Å². The Morgan fingerprint density at radius 1 is 1.42 bits per heavy atom. The van der Waals surface area contributed by atoms with Gasteiger partial charge in [-0.1, -0.05) is 5.21 Å². The lowest BCUT2D eigenvalue weighted by atomic mass is 10.2. The van der Waals surface area contributed by atoms with E-state index in [1.807, 2.05) is 6.20 Å². The summed E-state index contributed by atoms with van der Waals surface area (Å²) < 4.78 is 14.9. The van der Waals surface area contributed by atoms with Crippen molar-refractivity contribution in [2.75, 3.05) is 6.54 Å². The molecule has 0 atom stereocenters. The highest BCUT2D eigenvalue weighted by atomic mass is 19.1. The summed E-state index contributed by atoms with van der Waals surface area (Å²) in [6.07, 6.45) is 4.57. The molecule has 2 aromatic rings. The van der Waals surface area contributed by atoms with Crippen molar-refractivity contribution in [1.82, 2.24) is 20.3 Å². The third kappa shape index (κ3) is 2.98. The molecular weight excluding hydrogens is 243 g/mol. The van der Waals surface area contributed by atoms with Gasteiger partial charge in [-0.25, -0.2) is 9.07 Å². The first-order valence-electron chi connectivity index (χ1n) is 6.61. The third-order valence-corrected chi connectivity index (χ3v) is 3.38. The molecule has 0 amide bonds. The number of benzene rings is 1. The Labute approximate surface area is 111 Å². The fourth-order valence-electron chi connectivity index (χ4n) is 2.00. The topological polar surface area (TPSA) is 42.7 Å². The van der Waals surface area contributed by atoms with E-state index in [-0.39, 0.29) is 5.82 Å². The Morgan fingerprint density at radius 2 is 2.26 bits per heavy atom. The van der Waals surface area contributed by atoms with Gasteiger partial charge in [0.15, 0.2) is 0 Å². The van der Waals surface area contributed by atoms with Gasteiger partial charge < -0.3 is 5.32 Å². The molecule has 5 heteroatoms. The van der Waals surface area contributed by atoms with Crippen LogP contribution >= 0.6 is 0 Å². The van der Waals surface area contributed by atoms with E-state index in [9.17, 15) is 4.39 Å². The lowest BCUT2D eigenvalue weighted by Crippen LogP contribution is -2.16. The molecule has 1 heterocycles. The lowest BCUT2D eigenvalue weighted by molar-refractivity contribution is 0.617. The first-order chi connectivity index (χ1) is 9.22. The quantitative estimate of drug-likeness (QED) is 0.896. The average Bonchev–Trinajstić information content (AvgIpc) is 3.10. The van der Waals surface area contributed by atoms with Crippen molar-refractivity contribution < 1.29 is 4.39 Å². The summed E-state index contributed by atoms with van der Waals surface area (Å²) in [5.74, 6) is 0.657. The standard InChI is InChI=1S/C14H17FN4/c1-10-6-13(4-5-14(10)15)19-9-12(17-18-19)8-16-7-11-2-3-11/h4-6,9,11,16H,2-3,7-8H2,1H3. The predicted octanol–water partition coefficient (Wildman–Crippen LogP) is 2.21. The highest BCUT2D eigenvalue weighted by molar-refractivity contribution is 5.35. The van der Waals surface area contributed by atoms with E-state index < -0.39 is 0 Å². The largest absolute Gasteiger partial charge is 0.311 e. The molecule has 1 aromatic carbocycles. The van der Waals surface area contributed by atoms with E-state index in [4.69, 9.17) is 0 Å². The number of rotatable bonds is 5. The molecule has 1 N–H and O–H groups in total. The summed E-state index contributed by atoms with van der Waals surface area (Å²) >= 11 is 0. The molecule has 0 saturated heterocycles. The van der Waals surface area contributed by atoms with Crippen molar-refractivity contribution in [2.45, 2.75) is 26.3 Å². The number of aromatic nitrogens is 3. The number of hydrogen-bond acceptors (Lipinski definition) is 3. The van der Waals surface area contributed by atoms with E-state index >= 15 is 0 Å². The smallest absolute Gasteiger partial charge is 0.126 e. The number of nitrogens with zero attached hydrogens (tertiary/aromatic N) is 3. The second kappa shape index (κ2) is 5.09. The first kappa shape index (κ1) is 12.3. The molecule has 1 aromatic heterocycles. The first-order valence-corrected chi connectivity index (χ1v) is 6.61. The van der Waals surface area contributed by atoms with Crippen molar-refractivity contribution in [3.8, 4) is 5.69 Å². The number of hydrogen-bond donors (Lipinski definition) is 1. The van der Waals surface area contributed by atoms with Crippen LogP contribution in [0.5, 0.6) is 0 Å². The van der Waals surface area contributed by atoms with Crippen LogP contribution in [-0.4, -0.2) is 21.5 Å². The molecule has 0 bridgehead atoms. The van der Waals surface area contributed by atoms with E-state index in [1.54, 1.807) is 23.7 Å². The molecule has 4 nitrogen and oxygen atoms in total. The zero-order chi connectivity index (χ0) is 13.2. The maximum atomic E-state index is 13.2. The molecule has 0 unspecified atom stereocenters. The number of halogens is 1. The maximum absolute atomic E-state index is 13.2. The van der Waals surface area contributed by atoms with Gasteiger partial charge >= 0.3 is 0 Å². The SMILES string of the molecule is Cc1cc(-n2cc(CNCC3CC3)nn2)ccc1F. The molecule has 1 aliphatic carbocycles. The van der Waals surface area contributed by atoms with Crippen LogP contribution in [0.15, 0.2) is 24.4 Å². The van der Waals surface area contributed by atoms with Crippen molar-refractivity contribution in [1.29, 1.82) is 0 Å². The minimum Gasteiger partial charge on any atom is -0.311 e. The van der Waals surface area contributed by atoms with Crippen LogP contribution in [0.1, 0.15) is 24.1 Å². The van der Waals surface area contributed by atoms with Crippen LogP contribution in [0.2, 0.25) is 0 Å². The Kier molecular flexibility index (Phi) is 3.29. The fourth-order valence-corrected chi connectivity index (χ4v) is 2.00. The molecule has 1 saturated carbocycles. The van der Waals surface area contributed by atoms with E-state index in [0.717, 1.165) is 30.4 Å². The molecule has 3 rings (SSSR count). The van der Waals surface area contributed by atoms with Gasteiger partial charge in [0.05, 0.1) is 17.6 Å². The fraction of sp³-hybridized carbons (Fsp3) is 0.429. The van der Waals surface area contributed by atoms with Crippen LogP contribution < -0.4 is 5.32 Å². The van der Waals surface area contributed by atoms with Gasteiger partial charge in [0, 0.05) is 6.54 Å². The van der Waals surface area contributed by atoms with Gasteiger partial charge in [0.1, 0.15) is 5.82 Å². The monoisotopic (exact) mass is 260 g/mol. The van der Waals surface area contributed by atoms with Gasteiger partial charge in [0.2, 0.25) is 0 Å². The van der Waals surface area contributed by atoms with Gasteiger partial charge in [-0.05, 0) is 56.0 Å². The van der Waals surface area contributed by atoms with Gasteiger partial charge in [-0.3, -0.25) is 0 Å². The van der Waals surface area contributed by atoms with Crippen LogP contribution in [0, 0.1) is 18.7 Å². The van der Waals surface area contributed by atoms with Gasteiger partial charge in [-0.2, -0.15) is 0 Å². The molecule has 1 fully saturated rings. The van der Waals surface area contributed by atoms with Gasteiger partial charge in [0.25, 0.3) is 0 Å². The lowest BCUT2D eigenvalue weighted by Gasteiger charge is -2.02. The Balaban J connectivity index is 1.67. The third-order valence-electron chi connectivity index (χ3n) is 3.38. The molecule has 100 valence electrons. The maximum Gasteiger partial charge on any atom is 0.126 e. The van der Waals surface area contributed by atoms with E-state index in [0.29, 0.717) is 5.56 Å². The van der Waals surface area contributed by atoms with Gasteiger partial charge in [-0.15, -0.1) is 5.10 Å². The molecule has 1 aliphatic rings. The minimum absolute atomic E-state index is 0.199. The molecular formula is C14H17FN4. The zero-order valence-corrected chi connectivity index (χ0v) is 10.9. The van der Waals surface area contributed by atoms with Crippen LogP contribution in [0.25, 0.3) is 5.69 Å². The zero-order valence-electron chi connectivity index (χ0n) is 10.9. The van der Waals surface area contributed by atoms with Crippen molar-refractivity contribution in [2.24, 2.45) is 5.92 Å². The van der Waals surface area contributed by atoms with Crippen LogP contribution in [0.3, 0.4) is 0 Å². The number of nitrogens with one attached hydrogen (secondary N) is 1. The summed E-state index contributed by atoms with van der Waals surface area (Å²) in [5.41, 5.74) is 2.35. The minimum atomic E-state index is -0.199. The average molecular weight is 260 g/mol. The second-order valence-corrected chi connectivity index (χ2v) is 5.16. The molecule has 0 aliphatic heterocycles. The summed E-state index contributed by atoms with van der Waals surface area (Å²) in [6.45, 7) is 3.53. The van der Waals surface area contributed by atoms with Crippen molar-refractivity contribution >= 4 is 0 Å². The Hall–Kier alpha value is -1.75. The highest BCUT2D eigenvalue weighted by Gasteiger charge is 2.20. The van der Waals surface area contributed by atoms with Crippen LogP contribution in [0.4, 0.5) is 4.39 Å². The predicted molar refractivity (Wildman–Crippen MR) is 70.5 cm³/mol. The summed E-state index contributed by atoms with van der Waals surface area (Å²) in [5, 5.41) is 11.6. The molecule has 0 radical (unpaired) electrons. The van der Waals surface area contributed by atoms with Crippen LogP contribution in [-0.2, 0) is 6.54 Å².